The van der Waals surface area contributed by atoms with Gasteiger partial charge in [-0.05, 0) is 57.9 Å². The summed E-state index contributed by atoms with van der Waals surface area (Å²) in [6.45, 7) is 6.69. The SMILES string of the molecule is CCn1c(-c2ccc(N(CC#N)S(=O)C3CC3)nc2)c(C#N)c2ccc(OC(C)C)cc21. The summed E-state index contributed by atoms with van der Waals surface area (Å²) in [5.41, 5.74) is 3.11. The van der Waals surface area contributed by atoms with Crippen molar-refractivity contribution in [3.8, 4) is 29.1 Å². The molecule has 1 aliphatic carbocycles. The van der Waals surface area contributed by atoms with Crippen LogP contribution in [-0.2, 0) is 17.5 Å². The molecule has 0 amide bonds. The van der Waals surface area contributed by atoms with Crippen molar-refractivity contribution >= 4 is 27.7 Å². The fourth-order valence-corrected chi connectivity index (χ4v) is 5.22. The Morgan fingerprint density at radius 2 is 2.06 bits per heavy atom. The molecule has 0 saturated heterocycles. The Morgan fingerprint density at radius 1 is 1.28 bits per heavy atom. The van der Waals surface area contributed by atoms with Crippen LogP contribution >= 0.6 is 0 Å². The van der Waals surface area contributed by atoms with E-state index in [2.05, 4.69) is 21.7 Å². The lowest BCUT2D eigenvalue weighted by Crippen LogP contribution is -2.29. The van der Waals surface area contributed by atoms with Crippen LogP contribution in [0, 0.1) is 22.7 Å². The molecule has 164 valence electrons. The topological polar surface area (TPSA) is 94.9 Å². The average Bonchev–Trinajstić information content (AvgIpc) is 3.59. The Morgan fingerprint density at radius 3 is 2.62 bits per heavy atom. The van der Waals surface area contributed by atoms with Crippen LogP contribution in [0.4, 0.5) is 5.82 Å². The zero-order valence-electron chi connectivity index (χ0n) is 18.4. The van der Waals surface area contributed by atoms with Crippen LogP contribution in [0.3, 0.4) is 0 Å². The first-order valence-corrected chi connectivity index (χ1v) is 11.9. The van der Waals surface area contributed by atoms with E-state index in [0.717, 1.165) is 40.8 Å². The Bertz CT molecular complexity index is 1250. The highest BCUT2D eigenvalue weighted by Gasteiger charge is 2.33. The number of nitriles is 2. The molecule has 3 aromatic rings. The molecule has 0 aliphatic heterocycles. The molecule has 0 spiro atoms. The fraction of sp³-hybridized carbons (Fsp3) is 0.375. The normalized spacial score (nSPS) is 14.2. The summed E-state index contributed by atoms with van der Waals surface area (Å²) in [4.78, 5) is 4.52. The van der Waals surface area contributed by atoms with E-state index in [0.29, 0.717) is 17.9 Å². The Kier molecular flexibility index (Phi) is 6.16. The van der Waals surface area contributed by atoms with Crippen LogP contribution in [0.2, 0.25) is 0 Å². The zero-order chi connectivity index (χ0) is 22.8. The number of benzene rings is 1. The number of hydrogen-bond acceptors (Lipinski definition) is 5. The predicted molar refractivity (Wildman–Crippen MR) is 125 cm³/mol. The van der Waals surface area contributed by atoms with Gasteiger partial charge in [0.1, 0.15) is 35.2 Å². The van der Waals surface area contributed by atoms with Crippen molar-refractivity contribution in [2.75, 3.05) is 10.8 Å². The predicted octanol–water partition coefficient (Wildman–Crippen LogP) is 4.54. The number of aromatic nitrogens is 2. The quantitative estimate of drug-likeness (QED) is 0.473. The van der Waals surface area contributed by atoms with Crippen molar-refractivity contribution in [2.45, 2.75) is 51.5 Å². The molecule has 1 aliphatic rings. The smallest absolute Gasteiger partial charge is 0.141 e. The summed E-state index contributed by atoms with van der Waals surface area (Å²) in [7, 11) is -1.26. The lowest BCUT2D eigenvalue weighted by molar-refractivity contribution is 0.242. The van der Waals surface area contributed by atoms with E-state index >= 15 is 0 Å². The first-order valence-electron chi connectivity index (χ1n) is 10.7. The van der Waals surface area contributed by atoms with Crippen LogP contribution < -0.4 is 9.04 Å². The Balaban J connectivity index is 1.78. The molecule has 7 nitrogen and oxygen atoms in total. The third kappa shape index (κ3) is 4.06. The van der Waals surface area contributed by atoms with E-state index in [-0.39, 0.29) is 17.9 Å². The maximum Gasteiger partial charge on any atom is 0.141 e. The lowest BCUT2D eigenvalue weighted by atomic mass is 10.1. The number of ether oxygens (including phenoxy) is 1. The molecule has 1 aromatic carbocycles. The van der Waals surface area contributed by atoms with Gasteiger partial charge in [0.25, 0.3) is 0 Å². The number of pyridine rings is 1. The monoisotopic (exact) mass is 447 g/mol. The van der Waals surface area contributed by atoms with Crippen molar-refractivity contribution in [2.24, 2.45) is 0 Å². The number of anilines is 1. The Hall–Kier alpha value is -3.36. The summed E-state index contributed by atoms with van der Waals surface area (Å²) >= 11 is 0. The van der Waals surface area contributed by atoms with Crippen LogP contribution in [0.5, 0.6) is 5.75 Å². The minimum absolute atomic E-state index is 0.0206. The van der Waals surface area contributed by atoms with Gasteiger partial charge in [0, 0.05) is 29.8 Å². The van der Waals surface area contributed by atoms with Gasteiger partial charge >= 0.3 is 0 Å². The van der Waals surface area contributed by atoms with Crippen LogP contribution in [-0.4, -0.2) is 31.7 Å². The first kappa shape index (κ1) is 21.9. The maximum absolute atomic E-state index is 12.7. The van der Waals surface area contributed by atoms with Gasteiger partial charge in [-0.15, -0.1) is 0 Å². The van der Waals surface area contributed by atoms with E-state index in [1.54, 1.807) is 16.6 Å². The van der Waals surface area contributed by atoms with Crippen molar-refractivity contribution in [1.29, 1.82) is 10.5 Å². The minimum Gasteiger partial charge on any atom is -0.491 e. The maximum atomic E-state index is 12.7. The van der Waals surface area contributed by atoms with Gasteiger partial charge in [-0.3, -0.25) is 4.31 Å². The average molecular weight is 448 g/mol. The van der Waals surface area contributed by atoms with Gasteiger partial charge in [0.15, 0.2) is 0 Å². The summed E-state index contributed by atoms with van der Waals surface area (Å²) < 4.78 is 22.2. The second kappa shape index (κ2) is 9.02. The van der Waals surface area contributed by atoms with Crippen molar-refractivity contribution in [3.05, 3.63) is 42.1 Å². The van der Waals surface area contributed by atoms with Gasteiger partial charge in [0.05, 0.1) is 34.2 Å². The fourth-order valence-electron chi connectivity index (χ4n) is 3.84. The molecular weight excluding hydrogens is 422 g/mol. The van der Waals surface area contributed by atoms with Crippen molar-refractivity contribution in [1.82, 2.24) is 9.55 Å². The molecule has 1 fully saturated rings. The van der Waals surface area contributed by atoms with Gasteiger partial charge < -0.3 is 9.30 Å². The summed E-state index contributed by atoms with van der Waals surface area (Å²) in [6.07, 6.45) is 3.58. The van der Waals surface area contributed by atoms with E-state index in [1.807, 2.05) is 45.0 Å². The van der Waals surface area contributed by atoms with E-state index in [9.17, 15) is 14.7 Å². The third-order valence-electron chi connectivity index (χ3n) is 5.35. The van der Waals surface area contributed by atoms with Crippen molar-refractivity contribution in [3.63, 3.8) is 0 Å². The Labute approximate surface area is 190 Å². The molecule has 0 radical (unpaired) electrons. The number of aryl methyl sites for hydroxylation is 1. The zero-order valence-corrected chi connectivity index (χ0v) is 19.2. The molecule has 2 aromatic heterocycles. The number of hydrogen-bond donors (Lipinski definition) is 0. The van der Waals surface area contributed by atoms with Crippen LogP contribution in [0.1, 0.15) is 39.2 Å². The standard InChI is InChI=1S/C24H25N5O2S/c1-4-28-22-13-18(31-16(2)3)6-9-20(22)21(14-26)24(28)17-5-10-23(27-15-17)29(12-11-25)32(30)19-7-8-19/h5-6,9-10,13,15-16,19H,4,7-8,12H2,1-3H3. The second-order valence-corrected chi connectivity index (χ2v) is 9.66. The van der Waals surface area contributed by atoms with E-state index < -0.39 is 11.0 Å². The summed E-state index contributed by atoms with van der Waals surface area (Å²) in [5.74, 6) is 1.27. The number of rotatable bonds is 8. The number of fused-ring (bicyclic) bond motifs is 1. The van der Waals surface area contributed by atoms with Gasteiger partial charge in [-0.25, -0.2) is 9.19 Å². The molecular formula is C24H25N5O2S. The van der Waals surface area contributed by atoms with Gasteiger partial charge in [-0.2, -0.15) is 10.5 Å². The molecule has 0 bridgehead atoms. The first-order chi connectivity index (χ1) is 15.5. The highest BCUT2D eigenvalue weighted by Crippen LogP contribution is 2.36. The molecule has 4 rings (SSSR count). The summed E-state index contributed by atoms with van der Waals surface area (Å²) in [5, 5.41) is 20.1. The van der Waals surface area contributed by atoms with Crippen molar-refractivity contribution < 1.29 is 8.95 Å². The van der Waals surface area contributed by atoms with Crippen LogP contribution in [0.25, 0.3) is 22.2 Å². The highest BCUT2D eigenvalue weighted by atomic mass is 32.2. The molecule has 2 heterocycles. The highest BCUT2D eigenvalue weighted by molar-refractivity contribution is 7.87. The minimum atomic E-state index is -1.26. The largest absolute Gasteiger partial charge is 0.491 e. The lowest BCUT2D eigenvalue weighted by Gasteiger charge is -2.19. The molecule has 32 heavy (non-hydrogen) atoms. The van der Waals surface area contributed by atoms with E-state index in [4.69, 9.17) is 4.74 Å². The molecule has 1 atom stereocenters. The van der Waals surface area contributed by atoms with Gasteiger partial charge in [0.2, 0.25) is 0 Å². The molecule has 8 heteroatoms. The molecule has 1 saturated carbocycles. The van der Waals surface area contributed by atoms with E-state index in [1.165, 1.54) is 0 Å². The summed E-state index contributed by atoms with van der Waals surface area (Å²) in [6, 6.07) is 13.9. The molecule has 1 unspecified atom stereocenters. The third-order valence-corrected chi connectivity index (χ3v) is 7.15. The van der Waals surface area contributed by atoms with Gasteiger partial charge in [-0.1, -0.05) is 0 Å². The van der Waals surface area contributed by atoms with Crippen LogP contribution in [0.15, 0.2) is 36.5 Å². The second-order valence-electron chi connectivity index (χ2n) is 8.00. The number of nitrogens with zero attached hydrogens (tertiary/aromatic N) is 5. The molecule has 0 N–H and O–H groups in total.